The van der Waals surface area contributed by atoms with Gasteiger partial charge in [-0.15, -0.1) is 0 Å². The number of rotatable bonds is 10. The molecule has 0 N–H and O–H groups in total. The number of aldehydes is 1. The van der Waals surface area contributed by atoms with E-state index in [1.807, 2.05) is 89.3 Å². The van der Waals surface area contributed by atoms with Gasteiger partial charge in [-0.2, -0.15) is 0 Å². The van der Waals surface area contributed by atoms with Gasteiger partial charge in [0.15, 0.2) is 49.1 Å². The standard InChI is InChI=1S/C42H44ClFN2O8Si/c1-41(2,3)55(6,7)54-42-28(34(46(4)5)37-31(39(42)50)40(45-53-37)52-22-24-16-12-9-13-17-24)19-25-18-26-30(35(48)29(25)38(42)49)36(33(44)27(20-47)32(26)43)51-21-23-14-10-8-11-15-23/h8-17,20,25,28-29,34H,18-19,21-22H2,1-7H3/t25-,28-,29?,34-,42-/m0/s1. The molecule has 0 saturated heterocycles. The summed E-state index contributed by atoms with van der Waals surface area (Å²) in [6.45, 7) is 9.88. The maximum absolute atomic E-state index is 16.2. The van der Waals surface area contributed by atoms with Gasteiger partial charge in [-0.1, -0.05) is 93.0 Å². The highest BCUT2D eigenvalue weighted by molar-refractivity contribution is 6.74. The lowest BCUT2D eigenvalue weighted by molar-refractivity contribution is -0.151. The molecule has 0 radical (unpaired) electrons. The van der Waals surface area contributed by atoms with Crippen molar-refractivity contribution >= 4 is 43.6 Å². The van der Waals surface area contributed by atoms with Gasteiger partial charge in [-0.05, 0) is 72.8 Å². The lowest BCUT2D eigenvalue weighted by atomic mass is 9.54. The fourth-order valence-corrected chi connectivity index (χ4v) is 9.97. The van der Waals surface area contributed by atoms with Gasteiger partial charge in [-0.25, -0.2) is 4.39 Å². The first-order valence-electron chi connectivity index (χ1n) is 18.3. The fourth-order valence-electron chi connectivity index (χ4n) is 8.21. The SMILES string of the molecule is CN(C)[C@@H]1c2onc(OCc3ccccc3)c2C(=O)[C@@]2(O[Si](C)(C)C(C)(C)C)C(=O)C3C(=O)c4c(c(Cl)c(C=O)c(F)c4OCc4ccccc4)C[C@H]3C[C@@H]12. The quantitative estimate of drug-likeness (QED) is 0.0882. The lowest BCUT2D eigenvalue weighted by Gasteiger charge is -2.56. The monoisotopic (exact) mass is 786 g/mol. The van der Waals surface area contributed by atoms with E-state index in [1.165, 1.54) is 0 Å². The van der Waals surface area contributed by atoms with Crippen LogP contribution in [-0.2, 0) is 28.9 Å². The van der Waals surface area contributed by atoms with Crippen molar-refractivity contribution in [3.05, 3.63) is 111 Å². The molecule has 0 amide bonds. The minimum atomic E-state index is -3.00. The Labute approximate surface area is 325 Å². The number of benzene rings is 3. The molecule has 0 spiro atoms. The number of carbonyl (C=O) groups excluding carboxylic acids is 4. The molecule has 1 saturated carbocycles. The van der Waals surface area contributed by atoms with E-state index in [1.54, 1.807) is 24.3 Å². The van der Waals surface area contributed by atoms with Gasteiger partial charge in [0, 0.05) is 5.92 Å². The average Bonchev–Trinajstić information content (AvgIpc) is 3.56. The summed E-state index contributed by atoms with van der Waals surface area (Å²) in [5.41, 5.74) is -1.04. The van der Waals surface area contributed by atoms with Crippen molar-refractivity contribution in [3.63, 3.8) is 0 Å². The number of hydrogen-bond acceptors (Lipinski definition) is 10. The van der Waals surface area contributed by atoms with E-state index in [-0.39, 0.29) is 59.4 Å². The van der Waals surface area contributed by atoms with Gasteiger partial charge in [0.1, 0.15) is 18.8 Å². The predicted molar refractivity (Wildman–Crippen MR) is 205 cm³/mol. The molecular weight excluding hydrogens is 743 g/mol. The zero-order valence-corrected chi connectivity index (χ0v) is 33.7. The van der Waals surface area contributed by atoms with Crippen molar-refractivity contribution in [3.8, 4) is 11.6 Å². The number of ketones is 3. The topological polar surface area (TPSA) is 125 Å². The Balaban J connectivity index is 1.39. The van der Waals surface area contributed by atoms with Crippen molar-refractivity contribution < 1.29 is 42.0 Å². The molecule has 7 rings (SSSR count). The van der Waals surface area contributed by atoms with Crippen molar-refractivity contribution in [1.29, 1.82) is 0 Å². The molecule has 4 aromatic rings. The molecule has 288 valence electrons. The van der Waals surface area contributed by atoms with E-state index < -0.39 is 77.2 Å². The third-order valence-electron chi connectivity index (χ3n) is 11.9. The second-order valence-corrected chi connectivity index (χ2v) is 21.6. The van der Waals surface area contributed by atoms with Crippen molar-refractivity contribution in [2.45, 2.75) is 76.6 Å². The molecule has 3 aliphatic carbocycles. The van der Waals surface area contributed by atoms with E-state index in [9.17, 15) is 9.59 Å². The number of nitrogens with zero attached hydrogens (tertiary/aromatic N) is 2. The normalized spacial score (nSPS) is 23.5. The van der Waals surface area contributed by atoms with E-state index in [4.69, 9.17) is 30.0 Å². The Morgan fingerprint density at radius 1 is 0.982 bits per heavy atom. The van der Waals surface area contributed by atoms with Crippen LogP contribution in [0.25, 0.3) is 0 Å². The minimum absolute atomic E-state index is 0.00311. The molecule has 3 aromatic carbocycles. The fraction of sp³-hybridized carbons (Fsp3) is 0.405. The largest absolute Gasteiger partial charge is 0.485 e. The van der Waals surface area contributed by atoms with Crippen LogP contribution in [0.3, 0.4) is 0 Å². The highest BCUT2D eigenvalue weighted by Crippen LogP contribution is 2.59. The molecule has 3 aliphatic rings. The van der Waals surface area contributed by atoms with Crippen LogP contribution in [0.5, 0.6) is 11.6 Å². The Hall–Kier alpha value is -4.49. The van der Waals surface area contributed by atoms with E-state index in [2.05, 4.69) is 5.16 Å². The Morgan fingerprint density at radius 2 is 1.58 bits per heavy atom. The van der Waals surface area contributed by atoms with Crippen LogP contribution in [0.2, 0.25) is 23.2 Å². The first-order valence-corrected chi connectivity index (χ1v) is 21.6. The van der Waals surface area contributed by atoms with Crippen molar-refractivity contribution in [1.82, 2.24) is 10.1 Å². The maximum Gasteiger partial charge on any atom is 0.265 e. The smallest absolute Gasteiger partial charge is 0.265 e. The number of Topliss-reactive ketones (excluding diaryl/α,β-unsaturated/α-hetero) is 3. The van der Waals surface area contributed by atoms with Crippen LogP contribution in [0.1, 0.15) is 86.8 Å². The zero-order chi connectivity index (χ0) is 39.6. The summed E-state index contributed by atoms with van der Waals surface area (Å²) >= 11 is 6.72. The molecule has 5 atom stereocenters. The van der Waals surface area contributed by atoms with Crippen molar-refractivity contribution in [2.75, 3.05) is 14.1 Å². The number of halogens is 2. The van der Waals surface area contributed by atoms with Crippen LogP contribution >= 0.6 is 11.6 Å². The number of aromatic nitrogens is 1. The molecule has 1 unspecified atom stereocenters. The first kappa shape index (κ1) is 38.8. The third-order valence-corrected chi connectivity index (χ3v) is 16.8. The Morgan fingerprint density at radius 3 is 2.15 bits per heavy atom. The Bertz CT molecular complexity index is 2180. The summed E-state index contributed by atoms with van der Waals surface area (Å²) in [7, 11) is 0.639. The van der Waals surface area contributed by atoms with Crippen LogP contribution in [-0.4, -0.2) is 61.7 Å². The predicted octanol–water partition coefficient (Wildman–Crippen LogP) is 8.26. The summed E-state index contributed by atoms with van der Waals surface area (Å²) in [6, 6.07) is 17.6. The van der Waals surface area contributed by atoms with Crippen LogP contribution in [0.15, 0.2) is 65.2 Å². The molecular formula is C42H44ClFN2O8Si. The van der Waals surface area contributed by atoms with Gasteiger partial charge in [0.25, 0.3) is 5.88 Å². The molecule has 1 heterocycles. The average molecular weight is 787 g/mol. The maximum atomic E-state index is 16.2. The zero-order valence-electron chi connectivity index (χ0n) is 31.9. The van der Waals surface area contributed by atoms with Crippen LogP contribution in [0, 0.1) is 23.6 Å². The number of carbonyl (C=O) groups is 4. The Kier molecular flexibility index (Phi) is 10.0. The second-order valence-electron chi connectivity index (χ2n) is 16.5. The molecule has 0 bridgehead atoms. The second kappa shape index (κ2) is 14.2. The van der Waals surface area contributed by atoms with Gasteiger partial charge in [0.05, 0.1) is 28.1 Å². The lowest BCUT2D eigenvalue weighted by Crippen LogP contribution is -2.70. The molecule has 55 heavy (non-hydrogen) atoms. The highest BCUT2D eigenvalue weighted by Gasteiger charge is 2.70. The summed E-state index contributed by atoms with van der Waals surface area (Å²) in [6.07, 6.45) is 0.517. The third kappa shape index (κ3) is 6.27. The highest BCUT2D eigenvalue weighted by atomic mass is 35.5. The molecule has 1 fully saturated rings. The number of fused-ring (bicyclic) bond motifs is 4. The molecule has 13 heteroatoms. The van der Waals surface area contributed by atoms with Gasteiger partial charge in [0.2, 0.25) is 5.78 Å². The summed E-state index contributed by atoms with van der Waals surface area (Å²) in [5, 5.41) is 3.55. The molecule has 1 aromatic heterocycles. The minimum Gasteiger partial charge on any atom is -0.485 e. The van der Waals surface area contributed by atoms with E-state index in [0.29, 0.717) is 11.8 Å². The van der Waals surface area contributed by atoms with Crippen molar-refractivity contribution in [2.24, 2.45) is 17.8 Å². The summed E-state index contributed by atoms with van der Waals surface area (Å²) in [5.74, 6) is -6.42. The van der Waals surface area contributed by atoms with E-state index in [0.717, 1.165) is 5.56 Å². The number of hydrogen-bond donors (Lipinski definition) is 0. The molecule has 0 aliphatic heterocycles. The molecule has 10 nitrogen and oxygen atoms in total. The van der Waals surface area contributed by atoms with Gasteiger partial charge in [-0.3, -0.25) is 24.1 Å². The number of ether oxygens (including phenoxy) is 2. The van der Waals surface area contributed by atoms with Crippen LogP contribution in [0.4, 0.5) is 4.39 Å². The first-order chi connectivity index (χ1) is 26.0. The van der Waals surface area contributed by atoms with Gasteiger partial charge < -0.3 is 18.4 Å². The van der Waals surface area contributed by atoms with Gasteiger partial charge >= 0.3 is 0 Å². The summed E-state index contributed by atoms with van der Waals surface area (Å²) < 4.78 is 41.4. The summed E-state index contributed by atoms with van der Waals surface area (Å²) in [4.78, 5) is 60.1. The van der Waals surface area contributed by atoms with Crippen LogP contribution < -0.4 is 9.47 Å². The van der Waals surface area contributed by atoms with E-state index >= 15 is 14.0 Å².